The number of benzene rings is 1. The van der Waals surface area contributed by atoms with Crippen LogP contribution in [0.15, 0.2) is 18.2 Å². The van der Waals surface area contributed by atoms with Gasteiger partial charge in [0.25, 0.3) is 0 Å². The van der Waals surface area contributed by atoms with E-state index in [1.54, 1.807) is 0 Å². The third-order valence-electron chi connectivity index (χ3n) is 3.19. The maximum Gasteiger partial charge on any atom is 0.231 e. The van der Waals surface area contributed by atoms with Crippen molar-refractivity contribution in [3.63, 3.8) is 0 Å². The van der Waals surface area contributed by atoms with Gasteiger partial charge in [0, 0.05) is 0 Å². The topological polar surface area (TPSA) is 18.5 Å². The van der Waals surface area contributed by atoms with Crippen molar-refractivity contribution in [3.05, 3.63) is 23.8 Å². The Hall–Kier alpha value is -1.18. The molecule has 1 fully saturated rings. The largest absolute Gasteiger partial charge is 0.454 e. The van der Waals surface area contributed by atoms with E-state index in [4.69, 9.17) is 9.47 Å². The lowest BCUT2D eigenvalue weighted by atomic mass is 9.81. The minimum atomic E-state index is 0.377. The van der Waals surface area contributed by atoms with Gasteiger partial charge in [0.05, 0.1) is 0 Å². The third kappa shape index (κ3) is 1.35. The summed E-state index contributed by atoms with van der Waals surface area (Å²) >= 11 is 0. The van der Waals surface area contributed by atoms with Gasteiger partial charge in [0.1, 0.15) is 0 Å². The Morgan fingerprint density at radius 1 is 1.14 bits per heavy atom. The molecule has 2 nitrogen and oxygen atoms in total. The molecule has 74 valence electrons. The second-order valence-corrected chi connectivity index (χ2v) is 4.19. The molecule has 1 heterocycles. The van der Waals surface area contributed by atoms with Crippen molar-refractivity contribution in [2.45, 2.75) is 25.7 Å². The highest BCUT2D eigenvalue weighted by Gasteiger charge is 2.19. The van der Waals surface area contributed by atoms with Gasteiger partial charge in [-0.3, -0.25) is 0 Å². The summed E-state index contributed by atoms with van der Waals surface area (Å²) in [7, 11) is 0. The maximum absolute atomic E-state index is 5.35. The number of hydrogen-bond acceptors (Lipinski definition) is 2. The molecule has 0 N–H and O–H groups in total. The van der Waals surface area contributed by atoms with E-state index in [2.05, 4.69) is 12.1 Å². The zero-order valence-corrected chi connectivity index (χ0v) is 8.16. The first-order chi connectivity index (χ1) is 6.92. The minimum Gasteiger partial charge on any atom is -0.454 e. The zero-order valence-electron chi connectivity index (χ0n) is 8.16. The zero-order chi connectivity index (χ0) is 9.38. The lowest BCUT2D eigenvalue weighted by molar-refractivity contribution is 0.174. The predicted molar refractivity (Wildman–Crippen MR) is 53.6 cm³/mol. The van der Waals surface area contributed by atoms with Crippen LogP contribution in [0.2, 0.25) is 0 Å². The first-order valence-corrected chi connectivity index (χ1v) is 5.30. The molecule has 3 rings (SSSR count). The van der Waals surface area contributed by atoms with Gasteiger partial charge in [-0.05, 0) is 30.0 Å². The van der Waals surface area contributed by atoms with Gasteiger partial charge in [-0.2, -0.15) is 0 Å². The molecule has 0 atom stereocenters. The van der Waals surface area contributed by atoms with E-state index in [0.29, 0.717) is 6.79 Å². The monoisotopic (exact) mass is 190 g/mol. The van der Waals surface area contributed by atoms with Crippen molar-refractivity contribution in [3.8, 4) is 11.5 Å². The first kappa shape index (κ1) is 8.16. The van der Waals surface area contributed by atoms with Crippen LogP contribution in [-0.2, 0) is 6.42 Å². The first-order valence-electron chi connectivity index (χ1n) is 5.30. The van der Waals surface area contributed by atoms with Crippen molar-refractivity contribution < 1.29 is 9.47 Å². The van der Waals surface area contributed by atoms with Gasteiger partial charge in [-0.25, -0.2) is 0 Å². The molecule has 0 radical (unpaired) electrons. The molecule has 1 aromatic rings. The molecule has 1 aliphatic heterocycles. The van der Waals surface area contributed by atoms with E-state index in [0.717, 1.165) is 17.4 Å². The Bertz CT molecular complexity index is 342. The van der Waals surface area contributed by atoms with Crippen LogP contribution >= 0.6 is 0 Å². The molecule has 2 aliphatic rings. The summed E-state index contributed by atoms with van der Waals surface area (Å²) in [5.41, 5.74) is 1.39. The van der Waals surface area contributed by atoms with E-state index < -0.39 is 0 Å². The molecule has 0 amide bonds. The van der Waals surface area contributed by atoms with Crippen LogP contribution in [0.1, 0.15) is 24.8 Å². The SMILES string of the molecule is c1cc2c(cc1CC1CCC1)OCO2. The van der Waals surface area contributed by atoms with Crippen LogP contribution in [-0.4, -0.2) is 6.79 Å². The molecule has 1 aromatic carbocycles. The summed E-state index contributed by atoms with van der Waals surface area (Å²) in [5.74, 6) is 2.72. The normalized spacial score (nSPS) is 19.4. The summed E-state index contributed by atoms with van der Waals surface area (Å²) in [6.45, 7) is 0.377. The van der Waals surface area contributed by atoms with Gasteiger partial charge < -0.3 is 9.47 Å². The second-order valence-electron chi connectivity index (χ2n) is 4.19. The summed E-state index contributed by atoms with van der Waals surface area (Å²) in [6.07, 6.45) is 5.41. The Balaban J connectivity index is 1.78. The Morgan fingerprint density at radius 3 is 2.79 bits per heavy atom. The van der Waals surface area contributed by atoms with Gasteiger partial charge >= 0.3 is 0 Å². The summed E-state index contributed by atoms with van der Waals surface area (Å²) < 4.78 is 10.6. The predicted octanol–water partition coefficient (Wildman–Crippen LogP) is 2.76. The molecule has 1 aliphatic carbocycles. The van der Waals surface area contributed by atoms with E-state index in [9.17, 15) is 0 Å². The average molecular weight is 190 g/mol. The van der Waals surface area contributed by atoms with Gasteiger partial charge in [0.15, 0.2) is 11.5 Å². The van der Waals surface area contributed by atoms with Crippen LogP contribution in [0.5, 0.6) is 11.5 Å². The van der Waals surface area contributed by atoms with Crippen LogP contribution in [0.3, 0.4) is 0 Å². The molecular formula is C12H14O2. The fourth-order valence-electron chi connectivity index (χ4n) is 2.10. The fraction of sp³-hybridized carbons (Fsp3) is 0.500. The van der Waals surface area contributed by atoms with E-state index in [1.807, 2.05) is 6.07 Å². The number of fused-ring (bicyclic) bond motifs is 1. The highest BCUT2D eigenvalue weighted by molar-refractivity contribution is 5.44. The molecule has 1 saturated carbocycles. The maximum atomic E-state index is 5.35. The van der Waals surface area contributed by atoms with Crippen LogP contribution in [0.25, 0.3) is 0 Å². The Morgan fingerprint density at radius 2 is 2.00 bits per heavy atom. The smallest absolute Gasteiger partial charge is 0.231 e. The van der Waals surface area contributed by atoms with Gasteiger partial charge in [-0.15, -0.1) is 0 Å². The van der Waals surface area contributed by atoms with Crippen LogP contribution in [0, 0.1) is 5.92 Å². The molecular weight excluding hydrogens is 176 g/mol. The highest BCUT2D eigenvalue weighted by Crippen LogP contribution is 2.35. The molecule has 0 unspecified atom stereocenters. The summed E-state index contributed by atoms with van der Waals surface area (Å²) in [5, 5.41) is 0. The lowest BCUT2D eigenvalue weighted by Gasteiger charge is -2.25. The Labute approximate surface area is 83.8 Å². The van der Waals surface area contributed by atoms with Crippen molar-refractivity contribution >= 4 is 0 Å². The second kappa shape index (κ2) is 3.19. The summed E-state index contributed by atoms with van der Waals surface area (Å²) in [4.78, 5) is 0. The fourth-order valence-corrected chi connectivity index (χ4v) is 2.10. The standard InChI is InChI=1S/C12H14O2/c1-2-9(3-1)6-10-4-5-11-12(7-10)14-8-13-11/h4-5,7,9H,1-3,6,8H2. The minimum absolute atomic E-state index is 0.377. The molecule has 0 spiro atoms. The molecule has 0 saturated heterocycles. The lowest BCUT2D eigenvalue weighted by Crippen LogP contribution is -2.13. The van der Waals surface area contributed by atoms with E-state index in [1.165, 1.54) is 31.2 Å². The summed E-state index contributed by atoms with van der Waals surface area (Å²) in [6, 6.07) is 6.31. The van der Waals surface area contributed by atoms with E-state index in [-0.39, 0.29) is 0 Å². The number of hydrogen-bond donors (Lipinski definition) is 0. The van der Waals surface area contributed by atoms with E-state index >= 15 is 0 Å². The molecule has 0 bridgehead atoms. The number of ether oxygens (including phenoxy) is 2. The quantitative estimate of drug-likeness (QED) is 0.714. The van der Waals surface area contributed by atoms with Crippen molar-refractivity contribution in [2.24, 2.45) is 5.92 Å². The molecule has 0 aromatic heterocycles. The van der Waals surface area contributed by atoms with Crippen molar-refractivity contribution in [1.82, 2.24) is 0 Å². The third-order valence-corrected chi connectivity index (χ3v) is 3.19. The van der Waals surface area contributed by atoms with Gasteiger partial charge in [0.2, 0.25) is 6.79 Å². The molecule has 2 heteroatoms. The van der Waals surface area contributed by atoms with Crippen LogP contribution < -0.4 is 9.47 Å². The molecule has 14 heavy (non-hydrogen) atoms. The average Bonchev–Trinajstić information content (AvgIpc) is 2.58. The highest BCUT2D eigenvalue weighted by atomic mass is 16.7. The van der Waals surface area contributed by atoms with Crippen LogP contribution in [0.4, 0.5) is 0 Å². The van der Waals surface area contributed by atoms with Crippen molar-refractivity contribution in [2.75, 3.05) is 6.79 Å². The van der Waals surface area contributed by atoms with Gasteiger partial charge in [-0.1, -0.05) is 25.3 Å². The van der Waals surface area contributed by atoms with Crippen molar-refractivity contribution in [1.29, 1.82) is 0 Å². The Kier molecular flexibility index (Phi) is 1.86. The number of rotatable bonds is 2.